The minimum Gasteiger partial charge on any atom is -0.455 e. The molecule has 3 heterocycles. The lowest BCUT2D eigenvalue weighted by atomic mass is 9.66. The predicted octanol–water partition coefficient (Wildman–Crippen LogP) is 20.5. The summed E-state index contributed by atoms with van der Waals surface area (Å²) >= 11 is 0. The quantitative estimate of drug-likeness (QED) is 0.144. The Kier molecular flexibility index (Phi) is 10.2. The van der Waals surface area contributed by atoms with Crippen LogP contribution in [-0.2, 0) is 5.41 Å². The Labute approximate surface area is 463 Å². The molecule has 378 valence electrons. The molecule has 0 atom stereocenters. The highest BCUT2D eigenvalue weighted by molar-refractivity contribution is 6.25. The molecule has 0 amide bonds. The highest BCUT2D eigenvalue weighted by Gasteiger charge is 2.51. The molecular formula is C75H51N3O2. The van der Waals surface area contributed by atoms with Gasteiger partial charge in [0.15, 0.2) is 0 Å². The predicted molar refractivity (Wildman–Crippen MR) is 331 cm³/mol. The number of para-hydroxylation sites is 8. The third-order valence-electron chi connectivity index (χ3n) is 16.8. The number of rotatable bonds is 9. The van der Waals surface area contributed by atoms with Crippen molar-refractivity contribution < 1.29 is 8.83 Å². The summed E-state index contributed by atoms with van der Waals surface area (Å²) in [6.45, 7) is 4.50. The first-order valence-corrected chi connectivity index (χ1v) is 27.5. The van der Waals surface area contributed by atoms with Crippen LogP contribution in [0.2, 0.25) is 0 Å². The molecule has 5 nitrogen and oxygen atoms in total. The molecule has 16 rings (SSSR count). The number of anilines is 6. The van der Waals surface area contributed by atoms with Crippen LogP contribution in [0.25, 0.3) is 82.5 Å². The molecule has 0 aliphatic heterocycles. The van der Waals surface area contributed by atoms with E-state index in [1.165, 1.54) is 38.5 Å². The van der Waals surface area contributed by atoms with E-state index in [9.17, 15) is 0 Å². The first-order valence-electron chi connectivity index (χ1n) is 27.5. The Balaban J connectivity index is 1.12. The molecular weight excluding hydrogens is 975 g/mol. The van der Waals surface area contributed by atoms with Gasteiger partial charge in [0.1, 0.15) is 22.3 Å². The van der Waals surface area contributed by atoms with E-state index < -0.39 is 5.41 Å². The van der Waals surface area contributed by atoms with Crippen molar-refractivity contribution in [1.82, 2.24) is 4.57 Å². The molecule has 15 aromatic rings. The zero-order valence-corrected chi connectivity index (χ0v) is 44.1. The lowest BCUT2D eigenvalue weighted by Gasteiger charge is -2.37. The maximum atomic E-state index is 7.54. The van der Waals surface area contributed by atoms with E-state index in [1.807, 2.05) is 0 Å². The Hall–Kier alpha value is -10.4. The van der Waals surface area contributed by atoms with Crippen molar-refractivity contribution in [3.8, 4) is 16.8 Å². The van der Waals surface area contributed by atoms with Crippen LogP contribution in [-0.4, -0.2) is 4.57 Å². The second-order valence-corrected chi connectivity index (χ2v) is 21.2. The van der Waals surface area contributed by atoms with Crippen molar-refractivity contribution in [1.29, 1.82) is 0 Å². The smallest absolute Gasteiger partial charge is 0.145 e. The second-order valence-electron chi connectivity index (χ2n) is 21.2. The third kappa shape index (κ3) is 6.64. The van der Waals surface area contributed by atoms with Crippen molar-refractivity contribution in [2.45, 2.75) is 19.3 Å². The molecule has 80 heavy (non-hydrogen) atoms. The fraction of sp³-hybridized carbons (Fsp3) is 0.0400. The van der Waals surface area contributed by atoms with Gasteiger partial charge in [-0.05, 0) is 139 Å². The minimum absolute atomic E-state index is 0.809. The number of furan rings is 2. The SMILES string of the molecule is Cc1ccc(C)c(C2(c3ccc(-n4c5ccccc5c5ccccc54)cc3)c3cc(N(c4ccccc4)c4ccccc4)c4c(oc5ccccc54)c3-c3c2cc(N(c2ccccc2)c2ccccc2)c2c3oc3ccccc32)c1. The van der Waals surface area contributed by atoms with Crippen LogP contribution in [0.15, 0.2) is 282 Å². The van der Waals surface area contributed by atoms with Gasteiger partial charge in [-0.25, -0.2) is 0 Å². The second kappa shape index (κ2) is 17.8. The summed E-state index contributed by atoms with van der Waals surface area (Å²) in [4.78, 5) is 4.84. The highest BCUT2D eigenvalue weighted by Crippen LogP contribution is 2.65. The molecule has 0 N–H and O–H groups in total. The third-order valence-corrected chi connectivity index (χ3v) is 16.8. The van der Waals surface area contributed by atoms with Gasteiger partial charge in [-0.15, -0.1) is 0 Å². The number of aryl methyl sites for hydroxylation is 2. The molecule has 0 saturated carbocycles. The van der Waals surface area contributed by atoms with Gasteiger partial charge >= 0.3 is 0 Å². The molecule has 3 aromatic heterocycles. The Morgan fingerprint density at radius 2 is 0.738 bits per heavy atom. The zero-order valence-electron chi connectivity index (χ0n) is 44.1. The van der Waals surface area contributed by atoms with Gasteiger partial charge in [-0.3, -0.25) is 0 Å². The van der Waals surface area contributed by atoms with Crippen LogP contribution in [0.3, 0.4) is 0 Å². The molecule has 0 saturated heterocycles. The zero-order chi connectivity index (χ0) is 53.1. The summed E-state index contributed by atoms with van der Waals surface area (Å²) in [7, 11) is 0. The summed E-state index contributed by atoms with van der Waals surface area (Å²) in [5.74, 6) is 0. The van der Waals surface area contributed by atoms with Crippen molar-refractivity contribution in [2.75, 3.05) is 9.80 Å². The van der Waals surface area contributed by atoms with E-state index in [4.69, 9.17) is 8.83 Å². The van der Waals surface area contributed by atoms with E-state index in [0.29, 0.717) is 0 Å². The molecule has 1 aliphatic rings. The number of hydrogen-bond donors (Lipinski definition) is 0. The van der Waals surface area contributed by atoms with Crippen molar-refractivity contribution in [3.63, 3.8) is 0 Å². The van der Waals surface area contributed by atoms with E-state index in [0.717, 1.165) is 112 Å². The van der Waals surface area contributed by atoms with Gasteiger partial charge < -0.3 is 23.2 Å². The number of fused-ring (bicyclic) bond motifs is 14. The fourth-order valence-corrected chi connectivity index (χ4v) is 13.5. The van der Waals surface area contributed by atoms with Crippen molar-refractivity contribution in [2.24, 2.45) is 0 Å². The standard InChI is InChI=1S/C75H51N3O2/c1-48-39-40-49(2)60(45-48)75(50-41-43-55(44-42-50)78-63-35-19-15-31-56(63)57-32-16-20-36-64(57)78)61-46-65(76(51-23-7-3-8-24-51)52-25-9-4-10-26-52)69-58-33-17-21-37-67(58)79-73(69)71(61)72-62(75)47-66(70-59-34-18-22-38-68(59)80-74(70)72)77(53-27-11-5-12-28-53)54-29-13-6-14-30-54/h3-47H,1-2H3. The lowest BCUT2D eigenvalue weighted by Crippen LogP contribution is -2.30. The van der Waals surface area contributed by atoms with E-state index in [2.05, 4.69) is 301 Å². The van der Waals surface area contributed by atoms with Gasteiger partial charge in [-0.1, -0.05) is 181 Å². The summed E-state index contributed by atoms with van der Waals surface area (Å²) in [6.07, 6.45) is 0. The average molecular weight is 1030 g/mol. The van der Waals surface area contributed by atoms with Crippen molar-refractivity contribution in [3.05, 3.63) is 306 Å². The molecule has 12 aromatic carbocycles. The molecule has 0 spiro atoms. The topological polar surface area (TPSA) is 37.7 Å². The molecule has 1 aliphatic carbocycles. The molecule has 0 unspecified atom stereocenters. The fourth-order valence-electron chi connectivity index (χ4n) is 13.5. The molecule has 0 fully saturated rings. The average Bonchev–Trinajstić information content (AvgIpc) is 4.44. The Morgan fingerprint density at radius 3 is 1.18 bits per heavy atom. The summed E-state index contributed by atoms with van der Waals surface area (Å²) in [5, 5.41) is 6.58. The number of hydrogen-bond acceptors (Lipinski definition) is 4. The Bertz CT molecular complexity index is 4560. The van der Waals surface area contributed by atoms with E-state index >= 15 is 0 Å². The van der Waals surface area contributed by atoms with Crippen LogP contribution in [0.1, 0.15) is 33.4 Å². The maximum absolute atomic E-state index is 7.54. The van der Waals surface area contributed by atoms with Crippen LogP contribution in [0.5, 0.6) is 0 Å². The maximum Gasteiger partial charge on any atom is 0.145 e. The van der Waals surface area contributed by atoms with Crippen LogP contribution in [0, 0.1) is 13.8 Å². The first-order chi connectivity index (χ1) is 39.5. The van der Waals surface area contributed by atoms with Crippen LogP contribution < -0.4 is 9.80 Å². The first kappa shape index (κ1) is 45.8. The van der Waals surface area contributed by atoms with Gasteiger partial charge in [0.2, 0.25) is 0 Å². The van der Waals surface area contributed by atoms with E-state index in [1.54, 1.807) is 0 Å². The number of nitrogens with zero attached hydrogens (tertiary/aromatic N) is 3. The van der Waals surface area contributed by atoms with Gasteiger partial charge in [-0.2, -0.15) is 0 Å². The summed E-state index contributed by atoms with van der Waals surface area (Å²) in [5.41, 5.74) is 20.8. The van der Waals surface area contributed by atoms with Crippen LogP contribution >= 0.6 is 0 Å². The van der Waals surface area contributed by atoms with Gasteiger partial charge in [0, 0.05) is 61.1 Å². The minimum atomic E-state index is -0.970. The van der Waals surface area contributed by atoms with E-state index in [-0.39, 0.29) is 0 Å². The molecule has 0 bridgehead atoms. The Morgan fingerprint density at radius 1 is 0.350 bits per heavy atom. The monoisotopic (exact) mass is 1030 g/mol. The molecule has 0 radical (unpaired) electrons. The summed E-state index contributed by atoms with van der Waals surface area (Å²) in [6, 6.07) is 99.1. The van der Waals surface area contributed by atoms with Crippen LogP contribution in [0.4, 0.5) is 34.1 Å². The number of benzene rings is 12. The highest BCUT2D eigenvalue weighted by atomic mass is 16.3. The lowest BCUT2D eigenvalue weighted by molar-refractivity contribution is 0.665. The van der Waals surface area contributed by atoms with Crippen molar-refractivity contribution >= 4 is 99.8 Å². The normalized spacial score (nSPS) is 12.7. The van der Waals surface area contributed by atoms with Gasteiger partial charge in [0.05, 0.1) is 38.6 Å². The molecule has 5 heteroatoms. The summed E-state index contributed by atoms with van der Waals surface area (Å²) < 4.78 is 17.5. The van der Waals surface area contributed by atoms with Gasteiger partial charge in [0.25, 0.3) is 0 Å². The largest absolute Gasteiger partial charge is 0.455 e. The number of aromatic nitrogens is 1.